The van der Waals surface area contributed by atoms with Crippen LogP contribution in [0.5, 0.6) is 0 Å². The maximum absolute atomic E-state index is 13.0. The Morgan fingerprint density at radius 1 is 1.26 bits per heavy atom. The van der Waals surface area contributed by atoms with Crippen LogP contribution in [0.15, 0.2) is 29.2 Å². The van der Waals surface area contributed by atoms with Crippen LogP contribution < -0.4 is 10.9 Å². The topological polar surface area (TPSA) is 86.5 Å². The van der Waals surface area contributed by atoms with E-state index in [-0.39, 0.29) is 29.1 Å². The first-order valence-electron chi connectivity index (χ1n) is 6.37. The first-order valence-corrected chi connectivity index (χ1v) is 6.37. The average Bonchev–Trinajstić information content (AvgIpc) is 2.94. The zero-order valence-corrected chi connectivity index (χ0v) is 11.3. The van der Waals surface area contributed by atoms with Gasteiger partial charge in [0.1, 0.15) is 11.2 Å². The minimum atomic E-state index is -4.69. The first kappa shape index (κ1) is 15.0. The number of aromatic amines is 2. The molecule has 120 valence electrons. The Morgan fingerprint density at radius 2 is 2.04 bits per heavy atom. The maximum Gasteiger partial charge on any atom is 0.416 e. The normalized spacial score (nSPS) is 11.8. The number of hydrogen-bond acceptors (Lipinski definition) is 4. The summed E-state index contributed by atoms with van der Waals surface area (Å²) in [5.41, 5.74) is -1.55. The number of benzene rings is 1. The van der Waals surface area contributed by atoms with E-state index in [1.165, 1.54) is 6.20 Å². The number of halogens is 4. The smallest absolute Gasteiger partial charge is 0.352 e. The Morgan fingerprint density at radius 3 is 2.78 bits per heavy atom. The van der Waals surface area contributed by atoms with Crippen LogP contribution in [0.1, 0.15) is 11.1 Å². The lowest BCUT2D eigenvalue weighted by Crippen LogP contribution is -2.15. The molecule has 0 saturated carbocycles. The lowest BCUT2D eigenvalue weighted by molar-refractivity contribution is -0.138. The van der Waals surface area contributed by atoms with Crippen LogP contribution in [-0.2, 0) is 12.7 Å². The summed E-state index contributed by atoms with van der Waals surface area (Å²) in [6.07, 6.45) is -3.40. The highest BCUT2D eigenvalue weighted by atomic mass is 19.4. The minimum absolute atomic E-state index is 0.0239. The molecule has 0 bridgehead atoms. The van der Waals surface area contributed by atoms with Crippen molar-refractivity contribution in [2.45, 2.75) is 12.7 Å². The van der Waals surface area contributed by atoms with Gasteiger partial charge in [0, 0.05) is 6.54 Å². The Kier molecular flexibility index (Phi) is 3.51. The fourth-order valence-electron chi connectivity index (χ4n) is 2.07. The number of hydrogen-bond donors (Lipinski definition) is 3. The zero-order chi connectivity index (χ0) is 16.6. The van der Waals surface area contributed by atoms with Crippen LogP contribution in [0, 0.1) is 5.82 Å². The predicted molar refractivity (Wildman–Crippen MR) is 73.2 cm³/mol. The Hall–Kier alpha value is -2.91. The molecule has 3 aromatic rings. The second kappa shape index (κ2) is 5.38. The van der Waals surface area contributed by atoms with Crippen molar-refractivity contribution in [2.75, 3.05) is 5.32 Å². The van der Waals surface area contributed by atoms with Crippen LogP contribution in [-0.4, -0.2) is 20.2 Å². The Bertz CT molecular complexity index is 915. The van der Waals surface area contributed by atoms with E-state index in [4.69, 9.17) is 0 Å². The summed E-state index contributed by atoms with van der Waals surface area (Å²) in [6.45, 7) is -0.294. The SMILES string of the molecule is O=c1[nH]c(NCc2ccc(F)cc2C(F)(F)F)nc2[nH]ncc12. The molecule has 0 saturated heterocycles. The summed E-state index contributed by atoms with van der Waals surface area (Å²) in [5, 5.41) is 8.95. The molecule has 0 unspecified atom stereocenters. The molecule has 3 rings (SSSR count). The monoisotopic (exact) mass is 327 g/mol. The number of nitrogens with one attached hydrogen (secondary N) is 3. The molecule has 2 aromatic heterocycles. The lowest BCUT2D eigenvalue weighted by Gasteiger charge is -2.13. The third-order valence-corrected chi connectivity index (χ3v) is 3.14. The highest BCUT2D eigenvalue weighted by molar-refractivity contribution is 5.73. The van der Waals surface area contributed by atoms with Gasteiger partial charge in [-0.3, -0.25) is 14.9 Å². The number of fused-ring (bicyclic) bond motifs is 1. The summed E-state index contributed by atoms with van der Waals surface area (Å²) in [6, 6.07) is 2.38. The first-order chi connectivity index (χ1) is 10.8. The van der Waals surface area contributed by atoms with E-state index in [1.807, 2.05) is 0 Å². The highest BCUT2D eigenvalue weighted by Gasteiger charge is 2.33. The molecule has 1 aromatic carbocycles. The maximum atomic E-state index is 13.0. The van der Waals surface area contributed by atoms with Gasteiger partial charge in [0.2, 0.25) is 5.95 Å². The van der Waals surface area contributed by atoms with Crippen molar-refractivity contribution in [2.24, 2.45) is 0 Å². The largest absolute Gasteiger partial charge is 0.416 e. The van der Waals surface area contributed by atoms with Gasteiger partial charge in [-0.1, -0.05) is 6.07 Å². The van der Waals surface area contributed by atoms with Crippen LogP contribution in [0.25, 0.3) is 11.0 Å². The second-order valence-electron chi connectivity index (χ2n) is 4.70. The molecule has 10 heteroatoms. The van der Waals surface area contributed by atoms with E-state index in [1.54, 1.807) is 0 Å². The summed E-state index contributed by atoms with van der Waals surface area (Å²) in [4.78, 5) is 18.1. The number of rotatable bonds is 3. The van der Waals surface area contributed by atoms with Crippen molar-refractivity contribution in [3.8, 4) is 0 Å². The van der Waals surface area contributed by atoms with Crippen molar-refractivity contribution in [3.63, 3.8) is 0 Å². The van der Waals surface area contributed by atoms with Gasteiger partial charge >= 0.3 is 6.18 Å². The van der Waals surface area contributed by atoms with E-state index >= 15 is 0 Å². The van der Waals surface area contributed by atoms with E-state index in [0.717, 1.165) is 12.1 Å². The second-order valence-corrected chi connectivity index (χ2v) is 4.70. The van der Waals surface area contributed by atoms with Gasteiger partial charge in [-0.2, -0.15) is 23.3 Å². The third kappa shape index (κ3) is 3.00. The molecule has 0 radical (unpaired) electrons. The van der Waals surface area contributed by atoms with E-state index in [9.17, 15) is 22.4 Å². The minimum Gasteiger partial charge on any atom is -0.352 e. The molecule has 3 N–H and O–H groups in total. The molecule has 0 spiro atoms. The molecule has 0 fully saturated rings. The van der Waals surface area contributed by atoms with Crippen molar-refractivity contribution in [1.29, 1.82) is 0 Å². The van der Waals surface area contributed by atoms with Crippen LogP contribution in [0.2, 0.25) is 0 Å². The van der Waals surface area contributed by atoms with Gasteiger partial charge in [0.25, 0.3) is 5.56 Å². The summed E-state index contributed by atoms with van der Waals surface area (Å²) in [7, 11) is 0. The Labute approximate surface area is 125 Å². The van der Waals surface area contributed by atoms with Crippen molar-refractivity contribution in [1.82, 2.24) is 20.2 Å². The summed E-state index contributed by atoms with van der Waals surface area (Å²) < 4.78 is 51.8. The van der Waals surface area contributed by atoms with Crippen molar-refractivity contribution in [3.05, 3.63) is 51.7 Å². The molecule has 0 aliphatic heterocycles. The highest BCUT2D eigenvalue weighted by Crippen LogP contribution is 2.32. The molecule has 0 aliphatic rings. The van der Waals surface area contributed by atoms with Gasteiger partial charge in [-0.25, -0.2) is 4.39 Å². The van der Waals surface area contributed by atoms with Crippen molar-refractivity contribution < 1.29 is 17.6 Å². The third-order valence-electron chi connectivity index (χ3n) is 3.14. The Balaban J connectivity index is 1.89. The standard InChI is InChI=1S/C13H9F4N5O/c14-7-2-1-6(9(3-7)13(15,16)17)4-18-12-20-10-8(5-19-22-10)11(23)21-12/h1-3,5H,4H2,(H3,18,19,20,21,22,23). The zero-order valence-electron chi connectivity index (χ0n) is 11.3. The predicted octanol–water partition coefficient (Wildman–Crippen LogP) is 2.42. The van der Waals surface area contributed by atoms with Crippen LogP contribution in [0.4, 0.5) is 23.5 Å². The molecular formula is C13H9F4N5O. The molecule has 2 heterocycles. The van der Waals surface area contributed by atoms with Crippen molar-refractivity contribution >= 4 is 17.0 Å². The average molecular weight is 327 g/mol. The number of H-pyrrole nitrogens is 2. The fraction of sp³-hybridized carbons (Fsp3) is 0.154. The molecule has 0 atom stereocenters. The molecule has 0 amide bonds. The van der Waals surface area contributed by atoms with E-state index in [2.05, 4.69) is 25.5 Å². The molecule has 23 heavy (non-hydrogen) atoms. The lowest BCUT2D eigenvalue weighted by atomic mass is 10.1. The molecule has 6 nitrogen and oxygen atoms in total. The number of aromatic nitrogens is 4. The van der Waals surface area contributed by atoms with Gasteiger partial charge in [0.15, 0.2) is 5.65 Å². The summed E-state index contributed by atoms with van der Waals surface area (Å²) >= 11 is 0. The van der Waals surface area contributed by atoms with E-state index < -0.39 is 23.1 Å². The molecule has 0 aliphatic carbocycles. The number of alkyl halides is 3. The fourth-order valence-corrected chi connectivity index (χ4v) is 2.07. The summed E-state index contributed by atoms with van der Waals surface area (Å²) in [5.74, 6) is -1.00. The van der Waals surface area contributed by atoms with Crippen LogP contribution in [0.3, 0.4) is 0 Å². The van der Waals surface area contributed by atoms with Gasteiger partial charge in [-0.15, -0.1) is 0 Å². The van der Waals surface area contributed by atoms with Crippen LogP contribution >= 0.6 is 0 Å². The van der Waals surface area contributed by atoms with Gasteiger partial charge < -0.3 is 5.32 Å². The number of anilines is 1. The number of nitrogens with zero attached hydrogens (tertiary/aromatic N) is 2. The van der Waals surface area contributed by atoms with Gasteiger partial charge in [-0.05, 0) is 17.7 Å². The quantitative estimate of drug-likeness (QED) is 0.645. The van der Waals surface area contributed by atoms with Gasteiger partial charge in [0.05, 0.1) is 11.8 Å². The molecular weight excluding hydrogens is 318 g/mol. The van der Waals surface area contributed by atoms with E-state index in [0.29, 0.717) is 6.07 Å².